The Hall–Kier alpha value is -1.39. The number of nitrogens with one attached hydrogen (secondary N) is 1. The normalized spacial score (nSPS) is 17.8. The molecule has 1 aromatic carbocycles. The standard InChI is InChI=1S/C17H25NO3/c1-2-21-16(19)17(12-7-13-17)15(18-20)11-6-10-14-8-4-3-5-9-14/h3-5,8-9,15,18,20H,2,6-7,10-13H2,1H3. The summed E-state index contributed by atoms with van der Waals surface area (Å²) in [6.45, 7) is 2.21. The Labute approximate surface area is 126 Å². The SMILES string of the molecule is CCOC(=O)C1(C(CCCc2ccccc2)NO)CCC1. The zero-order chi connectivity index (χ0) is 15.1. The van der Waals surface area contributed by atoms with E-state index in [1.54, 1.807) is 0 Å². The molecule has 1 aliphatic rings. The van der Waals surface area contributed by atoms with Gasteiger partial charge in [-0.15, -0.1) is 0 Å². The van der Waals surface area contributed by atoms with Crippen LogP contribution in [0.3, 0.4) is 0 Å². The summed E-state index contributed by atoms with van der Waals surface area (Å²) >= 11 is 0. The molecule has 4 heteroatoms. The molecule has 21 heavy (non-hydrogen) atoms. The molecule has 0 heterocycles. The summed E-state index contributed by atoms with van der Waals surface area (Å²) in [6.07, 6.45) is 5.28. The smallest absolute Gasteiger partial charge is 0.313 e. The van der Waals surface area contributed by atoms with Crippen LogP contribution in [0.15, 0.2) is 30.3 Å². The lowest BCUT2D eigenvalue weighted by Gasteiger charge is -2.44. The largest absolute Gasteiger partial charge is 0.466 e. The first kappa shape index (κ1) is 16.0. The molecule has 1 fully saturated rings. The Morgan fingerprint density at radius 1 is 1.38 bits per heavy atom. The van der Waals surface area contributed by atoms with Crippen LogP contribution in [-0.2, 0) is 16.0 Å². The quantitative estimate of drug-likeness (QED) is 0.571. The molecule has 2 N–H and O–H groups in total. The monoisotopic (exact) mass is 291 g/mol. The fourth-order valence-corrected chi connectivity index (χ4v) is 3.15. The van der Waals surface area contributed by atoms with E-state index in [0.717, 1.165) is 38.5 Å². The van der Waals surface area contributed by atoms with Crippen LogP contribution in [0.5, 0.6) is 0 Å². The average Bonchev–Trinajstić information content (AvgIpc) is 2.46. The Kier molecular flexibility index (Phi) is 5.76. The number of carbonyl (C=O) groups excluding carboxylic acids is 1. The van der Waals surface area contributed by atoms with Crippen molar-refractivity contribution in [2.75, 3.05) is 6.61 Å². The van der Waals surface area contributed by atoms with Gasteiger partial charge in [-0.25, -0.2) is 5.48 Å². The number of hydroxylamine groups is 1. The predicted octanol–water partition coefficient (Wildman–Crippen LogP) is 3.09. The van der Waals surface area contributed by atoms with Crippen molar-refractivity contribution in [1.29, 1.82) is 0 Å². The molecule has 1 aromatic rings. The van der Waals surface area contributed by atoms with Crippen LogP contribution in [-0.4, -0.2) is 23.8 Å². The predicted molar refractivity (Wildman–Crippen MR) is 81.0 cm³/mol. The van der Waals surface area contributed by atoms with Crippen LogP contribution >= 0.6 is 0 Å². The topological polar surface area (TPSA) is 58.6 Å². The van der Waals surface area contributed by atoms with E-state index < -0.39 is 5.41 Å². The fourth-order valence-electron chi connectivity index (χ4n) is 3.15. The molecule has 1 unspecified atom stereocenters. The van der Waals surface area contributed by atoms with E-state index in [4.69, 9.17) is 4.74 Å². The molecule has 2 rings (SSSR count). The lowest BCUT2D eigenvalue weighted by atomic mass is 9.63. The van der Waals surface area contributed by atoms with Gasteiger partial charge in [0.2, 0.25) is 0 Å². The molecular formula is C17H25NO3. The third kappa shape index (κ3) is 3.63. The Morgan fingerprint density at radius 2 is 2.10 bits per heavy atom. The van der Waals surface area contributed by atoms with Crippen molar-refractivity contribution in [2.45, 2.75) is 51.5 Å². The second kappa shape index (κ2) is 7.57. The van der Waals surface area contributed by atoms with E-state index in [1.165, 1.54) is 5.56 Å². The van der Waals surface area contributed by atoms with Crippen molar-refractivity contribution in [3.63, 3.8) is 0 Å². The summed E-state index contributed by atoms with van der Waals surface area (Å²) in [4.78, 5) is 12.2. The average molecular weight is 291 g/mol. The second-order valence-electron chi connectivity index (χ2n) is 5.79. The minimum atomic E-state index is -0.526. The maximum atomic E-state index is 12.2. The second-order valence-corrected chi connectivity index (χ2v) is 5.79. The first-order valence-electron chi connectivity index (χ1n) is 7.83. The Morgan fingerprint density at radius 3 is 2.62 bits per heavy atom. The highest BCUT2D eigenvalue weighted by Crippen LogP contribution is 2.46. The first-order valence-corrected chi connectivity index (χ1v) is 7.83. The molecule has 1 saturated carbocycles. The first-order chi connectivity index (χ1) is 10.2. The third-order valence-electron chi connectivity index (χ3n) is 4.55. The van der Waals surface area contributed by atoms with Gasteiger partial charge in [0.1, 0.15) is 0 Å². The number of rotatable bonds is 8. The molecule has 0 saturated heterocycles. The van der Waals surface area contributed by atoms with Crippen molar-refractivity contribution in [3.8, 4) is 0 Å². The van der Waals surface area contributed by atoms with Crippen molar-refractivity contribution in [1.82, 2.24) is 5.48 Å². The van der Waals surface area contributed by atoms with Gasteiger partial charge in [0.25, 0.3) is 0 Å². The van der Waals surface area contributed by atoms with Gasteiger partial charge >= 0.3 is 5.97 Å². The van der Waals surface area contributed by atoms with Gasteiger partial charge in [0.15, 0.2) is 0 Å². The molecule has 1 aliphatic carbocycles. The van der Waals surface area contributed by atoms with E-state index in [9.17, 15) is 10.0 Å². The van der Waals surface area contributed by atoms with E-state index >= 15 is 0 Å². The number of esters is 1. The number of hydrogen-bond acceptors (Lipinski definition) is 4. The number of benzene rings is 1. The highest BCUT2D eigenvalue weighted by Gasteiger charge is 2.51. The van der Waals surface area contributed by atoms with Crippen LogP contribution < -0.4 is 5.48 Å². The van der Waals surface area contributed by atoms with Gasteiger partial charge in [0, 0.05) is 6.04 Å². The zero-order valence-electron chi connectivity index (χ0n) is 12.7. The van der Waals surface area contributed by atoms with Crippen LogP contribution in [0, 0.1) is 5.41 Å². The fraction of sp³-hybridized carbons (Fsp3) is 0.588. The molecule has 0 spiro atoms. The van der Waals surface area contributed by atoms with Gasteiger partial charge in [-0.05, 0) is 44.6 Å². The van der Waals surface area contributed by atoms with Crippen LogP contribution in [0.25, 0.3) is 0 Å². The summed E-state index contributed by atoms with van der Waals surface area (Å²) in [5.41, 5.74) is 3.13. The van der Waals surface area contributed by atoms with Gasteiger partial charge in [-0.3, -0.25) is 4.79 Å². The van der Waals surface area contributed by atoms with Crippen molar-refractivity contribution < 1.29 is 14.7 Å². The molecule has 4 nitrogen and oxygen atoms in total. The van der Waals surface area contributed by atoms with Crippen molar-refractivity contribution in [2.24, 2.45) is 5.41 Å². The van der Waals surface area contributed by atoms with Gasteiger partial charge in [-0.1, -0.05) is 36.8 Å². The van der Waals surface area contributed by atoms with Gasteiger partial charge < -0.3 is 9.94 Å². The van der Waals surface area contributed by atoms with Gasteiger partial charge in [0.05, 0.1) is 12.0 Å². The summed E-state index contributed by atoms with van der Waals surface area (Å²) in [7, 11) is 0. The molecule has 0 aromatic heterocycles. The molecule has 116 valence electrons. The summed E-state index contributed by atoms with van der Waals surface area (Å²) in [6, 6.07) is 10.1. The maximum absolute atomic E-state index is 12.2. The molecular weight excluding hydrogens is 266 g/mol. The van der Waals surface area contributed by atoms with E-state index in [2.05, 4.69) is 17.6 Å². The summed E-state index contributed by atoms with van der Waals surface area (Å²) in [5, 5.41) is 9.48. The molecule has 0 radical (unpaired) electrons. The lowest BCUT2D eigenvalue weighted by molar-refractivity contribution is -0.167. The summed E-state index contributed by atoms with van der Waals surface area (Å²) < 4.78 is 5.21. The van der Waals surface area contributed by atoms with Crippen molar-refractivity contribution in [3.05, 3.63) is 35.9 Å². The number of carbonyl (C=O) groups is 1. The number of hydrogen-bond donors (Lipinski definition) is 2. The minimum Gasteiger partial charge on any atom is -0.466 e. The maximum Gasteiger partial charge on any atom is 0.313 e. The summed E-state index contributed by atoms with van der Waals surface area (Å²) in [5.74, 6) is -0.164. The van der Waals surface area contributed by atoms with Crippen LogP contribution in [0.1, 0.15) is 44.6 Å². The van der Waals surface area contributed by atoms with Crippen molar-refractivity contribution >= 4 is 5.97 Å². The highest BCUT2D eigenvalue weighted by atomic mass is 16.5. The number of aryl methyl sites for hydroxylation is 1. The lowest BCUT2D eigenvalue weighted by Crippen LogP contribution is -2.54. The Balaban J connectivity index is 1.91. The minimum absolute atomic E-state index is 0.164. The number of ether oxygens (including phenoxy) is 1. The third-order valence-corrected chi connectivity index (χ3v) is 4.55. The molecule has 1 atom stereocenters. The van der Waals surface area contributed by atoms with Crippen LogP contribution in [0.2, 0.25) is 0 Å². The van der Waals surface area contributed by atoms with E-state index in [1.807, 2.05) is 25.1 Å². The van der Waals surface area contributed by atoms with E-state index in [-0.39, 0.29) is 12.0 Å². The van der Waals surface area contributed by atoms with Gasteiger partial charge in [-0.2, -0.15) is 0 Å². The van der Waals surface area contributed by atoms with E-state index in [0.29, 0.717) is 6.61 Å². The van der Waals surface area contributed by atoms with Crippen LogP contribution in [0.4, 0.5) is 0 Å². The Bertz CT molecular complexity index is 443. The molecule has 0 bridgehead atoms. The molecule has 0 amide bonds. The molecule has 0 aliphatic heterocycles. The highest BCUT2D eigenvalue weighted by molar-refractivity contribution is 5.78. The zero-order valence-corrected chi connectivity index (χ0v) is 12.7.